The van der Waals surface area contributed by atoms with Crippen LogP contribution in [0.5, 0.6) is 0 Å². The van der Waals surface area contributed by atoms with Crippen molar-refractivity contribution < 1.29 is 24.2 Å². The van der Waals surface area contributed by atoms with Crippen molar-refractivity contribution in [2.45, 2.75) is 33.2 Å². The van der Waals surface area contributed by atoms with Crippen molar-refractivity contribution in [3.05, 3.63) is 0 Å². The molecule has 1 atom stereocenters. The monoisotopic (exact) mass is 288 g/mol. The zero-order chi connectivity index (χ0) is 16.1. The van der Waals surface area contributed by atoms with Gasteiger partial charge in [0.2, 0.25) is 0 Å². The molecule has 1 N–H and O–H groups in total. The molecule has 0 aromatic rings. The van der Waals surface area contributed by atoms with Crippen LogP contribution in [-0.2, 0) is 14.3 Å². The summed E-state index contributed by atoms with van der Waals surface area (Å²) in [5.41, 5.74) is -1.31. The number of carboxylic acids is 1. The summed E-state index contributed by atoms with van der Waals surface area (Å²) >= 11 is 0. The number of carbonyl (C=O) groups excluding carboxylic acids is 2. The minimum atomic E-state index is -1.31. The molecule has 0 aliphatic carbocycles. The van der Waals surface area contributed by atoms with E-state index in [1.165, 1.54) is 37.8 Å². The van der Waals surface area contributed by atoms with Crippen molar-refractivity contribution in [2.75, 3.05) is 27.2 Å². The van der Waals surface area contributed by atoms with Crippen LogP contribution in [0, 0.1) is 5.92 Å². The van der Waals surface area contributed by atoms with Crippen LogP contribution in [0.15, 0.2) is 0 Å². The fourth-order valence-electron chi connectivity index (χ4n) is 1.86. The Hall–Kier alpha value is -1.79. The van der Waals surface area contributed by atoms with E-state index in [1.54, 1.807) is 13.8 Å². The summed E-state index contributed by atoms with van der Waals surface area (Å²) in [7, 11) is 2.81. The fourth-order valence-corrected chi connectivity index (χ4v) is 1.86. The second kappa shape index (κ2) is 7.12. The summed E-state index contributed by atoms with van der Waals surface area (Å²) in [6.07, 6.45) is 0. The Balaban J connectivity index is 4.94. The van der Waals surface area contributed by atoms with E-state index in [9.17, 15) is 19.5 Å². The number of likely N-dealkylation sites (N-methyl/N-ethyl adjacent to an activating group) is 1. The van der Waals surface area contributed by atoms with Crippen molar-refractivity contribution in [1.82, 2.24) is 9.80 Å². The van der Waals surface area contributed by atoms with Crippen molar-refractivity contribution in [3.8, 4) is 0 Å². The summed E-state index contributed by atoms with van der Waals surface area (Å²) in [4.78, 5) is 37.5. The number of urea groups is 1. The number of ether oxygens (including phenoxy) is 1. The number of hydrogen-bond acceptors (Lipinski definition) is 4. The van der Waals surface area contributed by atoms with Crippen molar-refractivity contribution >= 4 is 18.0 Å². The number of carboxylic acid groups (broad SMARTS) is 1. The second-order valence-electron chi connectivity index (χ2n) is 5.20. The highest BCUT2D eigenvalue weighted by atomic mass is 16.5. The van der Waals surface area contributed by atoms with Gasteiger partial charge in [0.15, 0.2) is 0 Å². The van der Waals surface area contributed by atoms with Gasteiger partial charge in [-0.05, 0) is 20.8 Å². The molecule has 0 fully saturated rings. The van der Waals surface area contributed by atoms with Crippen LogP contribution in [0.4, 0.5) is 4.79 Å². The van der Waals surface area contributed by atoms with E-state index in [4.69, 9.17) is 0 Å². The van der Waals surface area contributed by atoms with Crippen molar-refractivity contribution in [3.63, 3.8) is 0 Å². The molecular formula is C13H24N2O5. The molecule has 0 aliphatic rings. The number of esters is 1. The van der Waals surface area contributed by atoms with Gasteiger partial charge in [0.05, 0.1) is 13.0 Å². The standard InChI is InChI=1S/C13H24N2O5/c1-7-15(13(3,4)11(17)18)12(19)14(5)8-9(2)10(16)20-6/h9H,7-8H2,1-6H3,(H,17,18). The summed E-state index contributed by atoms with van der Waals surface area (Å²) in [6.45, 7) is 6.71. The average Bonchev–Trinajstić information content (AvgIpc) is 2.37. The van der Waals surface area contributed by atoms with E-state index < -0.39 is 29.4 Å². The number of carbonyl (C=O) groups is 3. The molecule has 0 saturated carbocycles. The molecule has 7 heteroatoms. The molecule has 0 aromatic carbocycles. The zero-order valence-electron chi connectivity index (χ0n) is 13.0. The lowest BCUT2D eigenvalue weighted by atomic mass is 10.0. The number of nitrogens with zero attached hydrogens (tertiary/aromatic N) is 2. The largest absolute Gasteiger partial charge is 0.480 e. The van der Waals surface area contributed by atoms with Gasteiger partial charge in [0.25, 0.3) is 0 Å². The fraction of sp³-hybridized carbons (Fsp3) is 0.769. The van der Waals surface area contributed by atoms with Crippen molar-refractivity contribution in [2.24, 2.45) is 5.92 Å². The maximum absolute atomic E-state index is 12.3. The minimum Gasteiger partial charge on any atom is -0.480 e. The quantitative estimate of drug-likeness (QED) is 0.738. The molecule has 0 spiro atoms. The van der Waals surface area contributed by atoms with Gasteiger partial charge in [-0.15, -0.1) is 0 Å². The van der Waals surface area contributed by atoms with Gasteiger partial charge in [0.1, 0.15) is 5.54 Å². The molecule has 20 heavy (non-hydrogen) atoms. The third-order valence-electron chi connectivity index (χ3n) is 3.22. The minimum absolute atomic E-state index is 0.164. The summed E-state index contributed by atoms with van der Waals surface area (Å²) < 4.78 is 4.60. The van der Waals surface area contributed by atoms with Crippen LogP contribution in [0.2, 0.25) is 0 Å². The Kier molecular flexibility index (Phi) is 6.48. The Bertz CT molecular complexity index is 381. The van der Waals surface area contributed by atoms with Gasteiger partial charge >= 0.3 is 18.0 Å². The van der Waals surface area contributed by atoms with Gasteiger partial charge in [0, 0.05) is 20.1 Å². The van der Waals surface area contributed by atoms with E-state index in [2.05, 4.69) is 4.74 Å². The van der Waals surface area contributed by atoms with Gasteiger partial charge in [-0.1, -0.05) is 6.92 Å². The Labute approximate surface area is 119 Å². The lowest BCUT2D eigenvalue weighted by Crippen LogP contribution is -2.56. The predicted molar refractivity (Wildman–Crippen MR) is 73.3 cm³/mol. The molecule has 0 saturated heterocycles. The van der Waals surface area contributed by atoms with Crippen LogP contribution < -0.4 is 0 Å². The van der Waals surface area contributed by atoms with Gasteiger partial charge in [-0.3, -0.25) is 4.79 Å². The van der Waals surface area contributed by atoms with E-state index in [0.29, 0.717) is 0 Å². The number of rotatable bonds is 6. The lowest BCUT2D eigenvalue weighted by Gasteiger charge is -2.37. The number of hydrogen-bond donors (Lipinski definition) is 1. The third-order valence-corrected chi connectivity index (χ3v) is 3.22. The first-order valence-electron chi connectivity index (χ1n) is 6.43. The van der Waals surface area contributed by atoms with Crippen LogP contribution >= 0.6 is 0 Å². The van der Waals surface area contributed by atoms with Gasteiger partial charge < -0.3 is 19.6 Å². The number of aliphatic carboxylic acids is 1. The first-order chi connectivity index (χ1) is 9.09. The molecular weight excluding hydrogens is 264 g/mol. The predicted octanol–water partition coefficient (Wildman–Crippen LogP) is 1.03. The highest BCUT2D eigenvalue weighted by Gasteiger charge is 2.38. The topological polar surface area (TPSA) is 87.2 Å². The molecule has 0 aromatic heterocycles. The molecule has 0 rings (SSSR count). The molecule has 7 nitrogen and oxygen atoms in total. The van der Waals surface area contributed by atoms with Crippen molar-refractivity contribution in [1.29, 1.82) is 0 Å². The number of methoxy groups -OCH3 is 1. The van der Waals surface area contributed by atoms with Crippen LogP contribution in [-0.4, -0.2) is 65.7 Å². The molecule has 2 amide bonds. The maximum Gasteiger partial charge on any atom is 0.329 e. The maximum atomic E-state index is 12.3. The van der Waals surface area contributed by atoms with Crippen LogP contribution in [0.3, 0.4) is 0 Å². The zero-order valence-corrected chi connectivity index (χ0v) is 13.0. The Morgan fingerprint density at radius 2 is 1.80 bits per heavy atom. The van der Waals surface area contributed by atoms with E-state index in [0.717, 1.165) is 0 Å². The normalized spacial score (nSPS) is 12.5. The molecule has 0 radical (unpaired) electrons. The smallest absolute Gasteiger partial charge is 0.329 e. The third kappa shape index (κ3) is 4.11. The van der Waals surface area contributed by atoms with E-state index in [1.807, 2.05) is 0 Å². The summed E-state index contributed by atoms with van der Waals surface area (Å²) in [5.74, 6) is -1.96. The SMILES string of the molecule is CCN(C(=O)N(C)CC(C)C(=O)OC)C(C)(C)C(=O)O. The molecule has 1 unspecified atom stereocenters. The molecule has 0 aliphatic heterocycles. The van der Waals surface area contributed by atoms with Crippen LogP contribution in [0.25, 0.3) is 0 Å². The Morgan fingerprint density at radius 1 is 1.30 bits per heavy atom. The van der Waals surface area contributed by atoms with Gasteiger partial charge in [-0.25, -0.2) is 9.59 Å². The summed E-state index contributed by atoms with van der Waals surface area (Å²) in [6, 6.07) is -0.435. The first kappa shape index (κ1) is 18.2. The molecule has 116 valence electrons. The first-order valence-corrected chi connectivity index (χ1v) is 6.43. The van der Waals surface area contributed by atoms with E-state index in [-0.39, 0.29) is 13.1 Å². The summed E-state index contributed by atoms with van der Waals surface area (Å²) in [5, 5.41) is 9.20. The second-order valence-corrected chi connectivity index (χ2v) is 5.20. The highest BCUT2D eigenvalue weighted by molar-refractivity contribution is 5.85. The van der Waals surface area contributed by atoms with E-state index >= 15 is 0 Å². The van der Waals surface area contributed by atoms with Crippen LogP contribution in [0.1, 0.15) is 27.7 Å². The number of amides is 2. The average molecular weight is 288 g/mol. The lowest BCUT2D eigenvalue weighted by molar-refractivity contribution is -0.148. The van der Waals surface area contributed by atoms with Gasteiger partial charge in [-0.2, -0.15) is 0 Å². The molecule has 0 heterocycles. The molecule has 0 bridgehead atoms. The Morgan fingerprint density at radius 3 is 2.15 bits per heavy atom. The highest BCUT2D eigenvalue weighted by Crippen LogP contribution is 2.17.